The van der Waals surface area contributed by atoms with Gasteiger partial charge in [-0.2, -0.15) is 0 Å². The molecule has 0 unspecified atom stereocenters. The van der Waals surface area contributed by atoms with Crippen LogP contribution in [-0.2, 0) is 11.3 Å². The van der Waals surface area contributed by atoms with Crippen LogP contribution < -0.4 is 10.6 Å². The first kappa shape index (κ1) is 15.0. The largest absolute Gasteiger partial charge is 0.394 e. The van der Waals surface area contributed by atoms with Gasteiger partial charge in [0, 0.05) is 19.7 Å². The zero-order valence-electron chi connectivity index (χ0n) is 12.3. The molecule has 112 valence electrons. The number of aromatic nitrogens is 2. The van der Waals surface area contributed by atoms with Crippen LogP contribution in [0.25, 0.3) is 0 Å². The lowest BCUT2D eigenvalue weighted by molar-refractivity contribution is 0.178. The second-order valence-electron chi connectivity index (χ2n) is 5.29. The SMILES string of the molecule is CCNc1cc(NC2(CO)CCCC2)nc(COC)n1. The molecule has 0 atom stereocenters. The summed E-state index contributed by atoms with van der Waals surface area (Å²) in [5.41, 5.74) is -0.234. The van der Waals surface area contributed by atoms with E-state index in [1.54, 1.807) is 7.11 Å². The summed E-state index contributed by atoms with van der Waals surface area (Å²) in [5.74, 6) is 2.17. The van der Waals surface area contributed by atoms with Crippen molar-refractivity contribution in [2.45, 2.75) is 44.8 Å². The van der Waals surface area contributed by atoms with Crippen LogP contribution in [0.1, 0.15) is 38.4 Å². The molecule has 1 aromatic rings. The van der Waals surface area contributed by atoms with Crippen molar-refractivity contribution in [3.8, 4) is 0 Å². The Morgan fingerprint density at radius 2 is 2.00 bits per heavy atom. The van der Waals surface area contributed by atoms with Gasteiger partial charge in [-0.1, -0.05) is 12.8 Å². The Kier molecular flexibility index (Phi) is 5.14. The van der Waals surface area contributed by atoms with Crippen molar-refractivity contribution in [1.29, 1.82) is 0 Å². The zero-order chi connectivity index (χ0) is 14.4. The molecule has 0 spiro atoms. The van der Waals surface area contributed by atoms with E-state index in [2.05, 4.69) is 20.6 Å². The lowest BCUT2D eigenvalue weighted by atomic mass is 9.99. The summed E-state index contributed by atoms with van der Waals surface area (Å²) in [6.07, 6.45) is 4.24. The molecule has 6 heteroatoms. The maximum Gasteiger partial charge on any atom is 0.158 e. The maximum atomic E-state index is 9.68. The van der Waals surface area contributed by atoms with Crippen LogP contribution in [0.5, 0.6) is 0 Å². The molecule has 0 aromatic carbocycles. The summed E-state index contributed by atoms with van der Waals surface area (Å²) < 4.78 is 5.11. The number of aliphatic hydroxyl groups excluding tert-OH is 1. The Labute approximate surface area is 120 Å². The van der Waals surface area contributed by atoms with Crippen molar-refractivity contribution in [3.05, 3.63) is 11.9 Å². The van der Waals surface area contributed by atoms with Gasteiger partial charge in [-0.15, -0.1) is 0 Å². The number of methoxy groups -OCH3 is 1. The van der Waals surface area contributed by atoms with Gasteiger partial charge in [0.2, 0.25) is 0 Å². The van der Waals surface area contributed by atoms with Gasteiger partial charge in [-0.05, 0) is 19.8 Å². The van der Waals surface area contributed by atoms with Crippen LogP contribution in [0, 0.1) is 0 Å². The van der Waals surface area contributed by atoms with Crippen LogP contribution in [0.15, 0.2) is 6.07 Å². The van der Waals surface area contributed by atoms with E-state index in [9.17, 15) is 5.11 Å². The first-order chi connectivity index (χ1) is 9.71. The van der Waals surface area contributed by atoms with Crippen molar-refractivity contribution in [3.63, 3.8) is 0 Å². The van der Waals surface area contributed by atoms with Crippen molar-refractivity contribution >= 4 is 11.6 Å². The van der Waals surface area contributed by atoms with Crippen molar-refractivity contribution in [1.82, 2.24) is 9.97 Å². The molecule has 2 rings (SSSR count). The molecule has 0 saturated heterocycles. The van der Waals surface area contributed by atoms with E-state index in [1.807, 2.05) is 13.0 Å². The molecular weight excluding hydrogens is 256 g/mol. The van der Waals surface area contributed by atoms with Crippen LogP contribution >= 0.6 is 0 Å². The summed E-state index contributed by atoms with van der Waals surface area (Å²) in [6, 6.07) is 1.89. The second-order valence-corrected chi connectivity index (χ2v) is 5.29. The molecule has 3 N–H and O–H groups in total. The minimum Gasteiger partial charge on any atom is -0.394 e. The van der Waals surface area contributed by atoms with Gasteiger partial charge in [-0.3, -0.25) is 0 Å². The number of aliphatic hydroxyl groups is 1. The lowest BCUT2D eigenvalue weighted by Gasteiger charge is -2.28. The number of ether oxygens (including phenoxy) is 1. The van der Waals surface area contributed by atoms with Crippen LogP contribution in [-0.4, -0.2) is 40.9 Å². The molecule has 1 aromatic heterocycles. The van der Waals surface area contributed by atoms with Crippen molar-refractivity contribution in [2.75, 3.05) is 30.9 Å². The van der Waals surface area contributed by atoms with Gasteiger partial charge >= 0.3 is 0 Å². The summed E-state index contributed by atoms with van der Waals surface area (Å²) in [5, 5.41) is 16.3. The van der Waals surface area contributed by atoms with Crippen LogP contribution in [0.2, 0.25) is 0 Å². The van der Waals surface area contributed by atoms with E-state index < -0.39 is 0 Å². The van der Waals surface area contributed by atoms with Gasteiger partial charge in [0.15, 0.2) is 5.82 Å². The number of nitrogens with one attached hydrogen (secondary N) is 2. The number of hydrogen-bond donors (Lipinski definition) is 3. The van der Waals surface area contributed by atoms with E-state index in [4.69, 9.17) is 4.74 Å². The number of hydrogen-bond acceptors (Lipinski definition) is 6. The van der Waals surface area contributed by atoms with Crippen LogP contribution in [0.4, 0.5) is 11.6 Å². The Balaban J connectivity index is 2.20. The van der Waals surface area contributed by atoms with Gasteiger partial charge in [0.25, 0.3) is 0 Å². The highest BCUT2D eigenvalue weighted by molar-refractivity contribution is 5.49. The zero-order valence-corrected chi connectivity index (χ0v) is 12.3. The van der Waals surface area contributed by atoms with E-state index in [0.717, 1.165) is 43.9 Å². The summed E-state index contributed by atoms with van der Waals surface area (Å²) >= 11 is 0. The summed E-state index contributed by atoms with van der Waals surface area (Å²) in [6.45, 7) is 3.33. The predicted octanol–water partition coefficient (Wildman–Crippen LogP) is 1.77. The van der Waals surface area contributed by atoms with Gasteiger partial charge in [0.1, 0.15) is 18.2 Å². The van der Waals surface area contributed by atoms with E-state index in [-0.39, 0.29) is 12.1 Å². The number of nitrogens with zero attached hydrogens (tertiary/aromatic N) is 2. The van der Waals surface area contributed by atoms with Gasteiger partial charge < -0.3 is 20.5 Å². The Bertz CT molecular complexity index is 409. The van der Waals surface area contributed by atoms with E-state index in [0.29, 0.717) is 12.4 Å². The second kappa shape index (κ2) is 6.85. The summed E-state index contributed by atoms with van der Waals surface area (Å²) in [4.78, 5) is 8.85. The topological polar surface area (TPSA) is 79.3 Å². The molecule has 20 heavy (non-hydrogen) atoms. The molecule has 0 bridgehead atoms. The van der Waals surface area contributed by atoms with E-state index >= 15 is 0 Å². The molecular formula is C14H24N4O2. The average Bonchev–Trinajstić information content (AvgIpc) is 2.88. The minimum absolute atomic E-state index is 0.132. The third-order valence-corrected chi connectivity index (χ3v) is 3.66. The molecule has 1 aliphatic carbocycles. The fraction of sp³-hybridized carbons (Fsp3) is 0.714. The Morgan fingerprint density at radius 1 is 1.30 bits per heavy atom. The number of rotatable bonds is 7. The predicted molar refractivity (Wildman–Crippen MR) is 78.8 cm³/mol. The molecule has 1 saturated carbocycles. The minimum atomic E-state index is -0.234. The molecule has 0 amide bonds. The fourth-order valence-corrected chi connectivity index (χ4v) is 2.67. The highest BCUT2D eigenvalue weighted by atomic mass is 16.5. The fourth-order valence-electron chi connectivity index (χ4n) is 2.67. The van der Waals surface area contributed by atoms with E-state index in [1.165, 1.54) is 0 Å². The summed E-state index contributed by atoms with van der Waals surface area (Å²) in [7, 11) is 1.63. The smallest absolute Gasteiger partial charge is 0.158 e. The molecule has 1 heterocycles. The van der Waals surface area contributed by atoms with Crippen LogP contribution in [0.3, 0.4) is 0 Å². The molecule has 0 aliphatic heterocycles. The molecule has 1 aliphatic rings. The average molecular weight is 280 g/mol. The third-order valence-electron chi connectivity index (χ3n) is 3.66. The highest BCUT2D eigenvalue weighted by Crippen LogP contribution is 2.32. The maximum absolute atomic E-state index is 9.68. The standard InChI is InChI=1S/C14H24N4O2/c1-3-15-11-8-12(17-13(16-11)9-20-2)18-14(10-19)6-4-5-7-14/h8,19H,3-7,9-10H2,1-2H3,(H2,15,16,17,18). The number of anilines is 2. The lowest BCUT2D eigenvalue weighted by Crippen LogP contribution is -2.39. The first-order valence-corrected chi connectivity index (χ1v) is 7.21. The monoisotopic (exact) mass is 280 g/mol. The first-order valence-electron chi connectivity index (χ1n) is 7.21. The third kappa shape index (κ3) is 3.58. The van der Waals surface area contributed by atoms with Crippen molar-refractivity contribution < 1.29 is 9.84 Å². The van der Waals surface area contributed by atoms with Gasteiger partial charge in [-0.25, -0.2) is 9.97 Å². The molecule has 0 radical (unpaired) electrons. The Hall–Kier alpha value is -1.40. The normalized spacial score (nSPS) is 17.1. The molecule has 6 nitrogen and oxygen atoms in total. The Morgan fingerprint density at radius 3 is 2.60 bits per heavy atom. The van der Waals surface area contributed by atoms with Gasteiger partial charge in [0.05, 0.1) is 12.1 Å². The quantitative estimate of drug-likeness (QED) is 0.706. The molecule has 1 fully saturated rings. The highest BCUT2D eigenvalue weighted by Gasteiger charge is 2.33. The van der Waals surface area contributed by atoms with Crippen molar-refractivity contribution in [2.24, 2.45) is 0 Å².